The second kappa shape index (κ2) is 5.20. The summed E-state index contributed by atoms with van der Waals surface area (Å²) >= 11 is 0. The highest BCUT2D eigenvalue weighted by Crippen LogP contribution is 2.24. The Hall–Kier alpha value is -0.850. The SMILES string of the molecule is O=S(=O)(c1cc[nH]c1)N1CCCCCC1CO. The van der Waals surface area contributed by atoms with Crippen LogP contribution in [0.2, 0.25) is 0 Å². The maximum Gasteiger partial charge on any atom is 0.244 e. The molecule has 0 aliphatic carbocycles. The van der Waals surface area contributed by atoms with Gasteiger partial charge < -0.3 is 10.1 Å². The van der Waals surface area contributed by atoms with Crippen molar-refractivity contribution in [2.75, 3.05) is 13.2 Å². The van der Waals surface area contributed by atoms with E-state index in [9.17, 15) is 13.5 Å². The minimum Gasteiger partial charge on any atom is -0.395 e. The van der Waals surface area contributed by atoms with Crippen LogP contribution in [0.1, 0.15) is 25.7 Å². The van der Waals surface area contributed by atoms with Crippen molar-refractivity contribution in [3.05, 3.63) is 18.5 Å². The summed E-state index contributed by atoms with van der Waals surface area (Å²) in [6.07, 6.45) is 6.67. The van der Waals surface area contributed by atoms with Gasteiger partial charge in [0.1, 0.15) is 0 Å². The molecule has 6 heteroatoms. The molecule has 0 saturated carbocycles. The lowest BCUT2D eigenvalue weighted by Crippen LogP contribution is -2.41. The normalized spacial score (nSPS) is 23.5. The predicted molar refractivity (Wildman–Crippen MR) is 64.0 cm³/mol. The van der Waals surface area contributed by atoms with Crippen LogP contribution in [-0.4, -0.2) is 42.0 Å². The molecule has 1 fully saturated rings. The molecule has 5 nitrogen and oxygen atoms in total. The molecule has 1 aromatic heterocycles. The number of nitrogens with one attached hydrogen (secondary N) is 1. The van der Waals surface area contributed by atoms with Crippen molar-refractivity contribution >= 4 is 10.0 Å². The van der Waals surface area contributed by atoms with E-state index < -0.39 is 10.0 Å². The number of sulfonamides is 1. The Bertz CT molecular complexity index is 441. The fourth-order valence-electron chi connectivity index (χ4n) is 2.25. The number of rotatable bonds is 3. The van der Waals surface area contributed by atoms with Gasteiger partial charge in [-0.1, -0.05) is 12.8 Å². The topological polar surface area (TPSA) is 73.4 Å². The zero-order valence-corrected chi connectivity index (χ0v) is 10.5. The van der Waals surface area contributed by atoms with Crippen molar-refractivity contribution in [3.63, 3.8) is 0 Å². The van der Waals surface area contributed by atoms with Crippen LogP contribution >= 0.6 is 0 Å². The monoisotopic (exact) mass is 258 g/mol. The van der Waals surface area contributed by atoms with Gasteiger partial charge in [-0.2, -0.15) is 4.31 Å². The van der Waals surface area contributed by atoms with Crippen molar-refractivity contribution in [2.24, 2.45) is 0 Å². The molecule has 1 aliphatic rings. The molecule has 0 amide bonds. The fraction of sp³-hybridized carbons (Fsp3) is 0.636. The molecule has 1 unspecified atom stereocenters. The Balaban J connectivity index is 2.29. The zero-order valence-electron chi connectivity index (χ0n) is 9.67. The van der Waals surface area contributed by atoms with Crippen LogP contribution < -0.4 is 0 Å². The molecule has 0 radical (unpaired) electrons. The van der Waals surface area contributed by atoms with E-state index in [0.717, 1.165) is 25.7 Å². The van der Waals surface area contributed by atoms with Gasteiger partial charge in [0, 0.05) is 25.0 Å². The molecule has 0 spiro atoms. The number of aliphatic hydroxyl groups is 1. The molecule has 0 aromatic carbocycles. The molecule has 17 heavy (non-hydrogen) atoms. The van der Waals surface area contributed by atoms with E-state index in [4.69, 9.17) is 0 Å². The van der Waals surface area contributed by atoms with Crippen LogP contribution in [0, 0.1) is 0 Å². The third kappa shape index (κ3) is 2.53. The minimum atomic E-state index is -3.46. The Morgan fingerprint density at radius 2 is 2.24 bits per heavy atom. The highest BCUT2D eigenvalue weighted by atomic mass is 32.2. The van der Waals surface area contributed by atoms with Crippen molar-refractivity contribution in [1.82, 2.24) is 9.29 Å². The summed E-state index contributed by atoms with van der Waals surface area (Å²) in [6, 6.07) is 1.27. The number of H-pyrrole nitrogens is 1. The third-order valence-electron chi connectivity index (χ3n) is 3.21. The molecule has 1 atom stereocenters. The standard InChI is InChI=1S/C11H18N2O3S/c14-9-10-4-2-1-3-7-13(10)17(15,16)11-5-6-12-8-11/h5-6,8,10,12,14H,1-4,7,9H2. The van der Waals surface area contributed by atoms with Gasteiger partial charge >= 0.3 is 0 Å². The summed E-state index contributed by atoms with van der Waals surface area (Å²) in [6.45, 7) is 0.391. The Kier molecular flexibility index (Phi) is 3.86. The summed E-state index contributed by atoms with van der Waals surface area (Å²) in [4.78, 5) is 3.03. The van der Waals surface area contributed by atoms with Gasteiger partial charge in [-0.25, -0.2) is 8.42 Å². The number of aromatic nitrogens is 1. The van der Waals surface area contributed by atoms with Gasteiger partial charge in [-0.15, -0.1) is 0 Å². The zero-order chi connectivity index (χ0) is 12.3. The van der Waals surface area contributed by atoms with Gasteiger partial charge in [-0.05, 0) is 18.9 Å². The van der Waals surface area contributed by atoms with E-state index in [1.54, 1.807) is 12.3 Å². The number of hydrogen-bond donors (Lipinski definition) is 2. The van der Waals surface area contributed by atoms with Crippen LogP contribution in [0.15, 0.2) is 23.4 Å². The first-order valence-corrected chi connectivity index (χ1v) is 7.36. The molecule has 0 bridgehead atoms. The van der Waals surface area contributed by atoms with Crippen LogP contribution in [0.3, 0.4) is 0 Å². The largest absolute Gasteiger partial charge is 0.395 e. The van der Waals surface area contributed by atoms with Gasteiger partial charge in [0.2, 0.25) is 10.0 Å². The Morgan fingerprint density at radius 3 is 2.88 bits per heavy atom. The summed E-state index contributed by atoms with van der Waals surface area (Å²) in [5.41, 5.74) is 0. The molecule has 2 rings (SSSR count). The van der Waals surface area contributed by atoms with Gasteiger partial charge in [0.15, 0.2) is 0 Å². The Morgan fingerprint density at radius 1 is 1.41 bits per heavy atom. The van der Waals surface area contributed by atoms with Crippen molar-refractivity contribution in [3.8, 4) is 0 Å². The number of aromatic amines is 1. The molecule has 1 aliphatic heterocycles. The average molecular weight is 258 g/mol. The lowest BCUT2D eigenvalue weighted by molar-refractivity contribution is 0.186. The highest BCUT2D eigenvalue weighted by molar-refractivity contribution is 7.89. The van der Waals surface area contributed by atoms with E-state index in [0.29, 0.717) is 6.54 Å². The van der Waals surface area contributed by atoms with Crippen LogP contribution in [0.25, 0.3) is 0 Å². The van der Waals surface area contributed by atoms with Crippen LogP contribution in [0.5, 0.6) is 0 Å². The quantitative estimate of drug-likeness (QED) is 0.847. The second-order valence-corrected chi connectivity index (χ2v) is 6.24. The number of hydrogen-bond acceptors (Lipinski definition) is 3. The van der Waals surface area contributed by atoms with Gasteiger partial charge in [0.25, 0.3) is 0 Å². The maximum absolute atomic E-state index is 12.4. The van der Waals surface area contributed by atoms with Crippen molar-refractivity contribution in [1.29, 1.82) is 0 Å². The van der Waals surface area contributed by atoms with E-state index in [2.05, 4.69) is 4.98 Å². The molecule has 2 heterocycles. The first-order valence-electron chi connectivity index (χ1n) is 5.92. The molecular formula is C11H18N2O3S. The summed E-state index contributed by atoms with van der Waals surface area (Å²) in [7, 11) is -3.46. The summed E-state index contributed by atoms with van der Waals surface area (Å²) in [5.74, 6) is 0. The molecular weight excluding hydrogens is 240 g/mol. The van der Waals surface area contributed by atoms with Crippen molar-refractivity contribution in [2.45, 2.75) is 36.6 Å². The number of aliphatic hydroxyl groups excluding tert-OH is 1. The van der Waals surface area contributed by atoms with Crippen molar-refractivity contribution < 1.29 is 13.5 Å². The summed E-state index contributed by atoms with van der Waals surface area (Å²) < 4.78 is 26.2. The smallest absolute Gasteiger partial charge is 0.244 e. The molecule has 1 saturated heterocycles. The molecule has 96 valence electrons. The predicted octanol–water partition coefficient (Wildman–Crippen LogP) is 0.940. The lowest BCUT2D eigenvalue weighted by atomic mass is 10.1. The minimum absolute atomic E-state index is 0.107. The van der Waals surface area contributed by atoms with Gasteiger partial charge in [0.05, 0.1) is 11.5 Å². The third-order valence-corrected chi connectivity index (χ3v) is 5.16. The fourth-order valence-corrected chi connectivity index (χ4v) is 3.92. The van der Waals surface area contributed by atoms with E-state index in [1.165, 1.54) is 10.5 Å². The first kappa shape index (κ1) is 12.6. The van der Waals surface area contributed by atoms with E-state index >= 15 is 0 Å². The molecule has 1 aromatic rings. The van der Waals surface area contributed by atoms with E-state index in [-0.39, 0.29) is 17.5 Å². The Labute approximate surface area is 102 Å². The van der Waals surface area contributed by atoms with Crippen LogP contribution in [-0.2, 0) is 10.0 Å². The number of nitrogens with zero attached hydrogens (tertiary/aromatic N) is 1. The van der Waals surface area contributed by atoms with E-state index in [1.807, 2.05) is 0 Å². The van der Waals surface area contributed by atoms with Crippen LogP contribution in [0.4, 0.5) is 0 Å². The lowest BCUT2D eigenvalue weighted by Gasteiger charge is -2.27. The average Bonchev–Trinajstić information content (AvgIpc) is 2.74. The van der Waals surface area contributed by atoms with Gasteiger partial charge in [-0.3, -0.25) is 0 Å². The summed E-state index contributed by atoms with van der Waals surface area (Å²) in [5, 5.41) is 9.33. The maximum atomic E-state index is 12.4. The molecule has 2 N–H and O–H groups in total. The highest BCUT2D eigenvalue weighted by Gasteiger charge is 2.32. The first-order chi connectivity index (χ1) is 8.16. The second-order valence-electron chi connectivity index (χ2n) is 4.35.